The maximum absolute atomic E-state index is 12.8. The number of ether oxygens (including phenoxy) is 2. The Kier molecular flexibility index (Phi) is 6.40. The van der Waals surface area contributed by atoms with E-state index in [0.717, 1.165) is 12.1 Å². The Bertz CT molecular complexity index is 810. The highest BCUT2D eigenvalue weighted by atomic mass is 32.1. The van der Waals surface area contributed by atoms with Gasteiger partial charge in [-0.1, -0.05) is 18.2 Å². The van der Waals surface area contributed by atoms with E-state index in [0.29, 0.717) is 22.6 Å². The highest BCUT2D eigenvalue weighted by Crippen LogP contribution is 2.32. The van der Waals surface area contributed by atoms with Crippen LogP contribution in [0, 0.1) is 0 Å². The topological polar surface area (TPSA) is 68.9 Å². The van der Waals surface area contributed by atoms with E-state index in [2.05, 4.69) is 22.7 Å². The van der Waals surface area contributed by atoms with Crippen molar-refractivity contribution in [2.24, 2.45) is 10.8 Å². The zero-order valence-electron chi connectivity index (χ0n) is 13.7. The summed E-state index contributed by atoms with van der Waals surface area (Å²) >= 11 is 4.65. The lowest BCUT2D eigenvalue weighted by atomic mass is 10.1. The van der Waals surface area contributed by atoms with Gasteiger partial charge in [0.05, 0.1) is 18.9 Å². The number of thiocarbonyl (C=S) groups is 1. The Hall–Kier alpha value is -2.81. The molecule has 0 amide bonds. The number of nitrogens with zero attached hydrogens (tertiary/aromatic N) is 1. The van der Waals surface area contributed by atoms with E-state index in [1.807, 2.05) is 0 Å². The fourth-order valence-electron chi connectivity index (χ4n) is 2.11. The largest absolute Gasteiger partial charge is 0.493 e. The van der Waals surface area contributed by atoms with Crippen LogP contribution in [-0.2, 0) is 12.8 Å². The predicted octanol–water partition coefficient (Wildman–Crippen LogP) is 3.46. The van der Waals surface area contributed by atoms with Crippen molar-refractivity contribution in [3.8, 4) is 11.5 Å². The normalized spacial score (nSPS) is 11.4. The smallest absolute Gasteiger partial charge is 0.416 e. The van der Waals surface area contributed by atoms with Gasteiger partial charge in [-0.25, -0.2) is 0 Å². The number of para-hydroxylation sites is 1. The zero-order valence-corrected chi connectivity index (χ0v) is 14.5. The van der Waals surface area contributed by atoms with Crippen LogP contribution < -0.4 is 20.6 Å². The molecule has 0 spiro atoms. The second-order valence-corrected chi connectivity index (χ2v) is 5.54. The monoisotopic (exact) mass is 383 g/mol. The van der Waals surface area contributed by atoms with Crippen molar-refractivity contribution >= 4 is 23.5 Å². The first-order valence-corrected chi connectivity index (χ1v) is 7.76. The lowest BCUT2D eigenvalue weighted by molar-refractivity contribution is -0.137. The van der Waals surface area contributed by atoms with Gasteiger partial charge in [0.2, 0.25) is 0 Å². The molecular weight excluding hydrogens is 367 g/mol. The lowest BCUT2D eigenvalue weighted by Gasteiger charge is -2.14. The van der Waals surface area contributed by atoms with Crippen molar-refractivity contribution < 1.29 is 22.6 Å². The van der Waals surface area contributed by atoms with Gasteiger partial charge < -0.3 is 15.2 Å². The van der Waals surface area contributed by atoms with Gasteiger partial charge in [-0.05, 0) is 42.0 Å². The molecule has 0 fully saturated rings. The van der Waals surface area contributed by atoms with E-state index in [1.165, 1.54) is 19.4 Å². The highest BCUT2D eigenvalue weighted by molar-refractivity contribution is 7.80. The number of hydrazone groups is 1. The predicted molar refractivity (Wildman–Crippen MR) is 96.3 cm³/mol. The van der Waals surface area contributed by atoms with E-state index < -0.39 is 11.7 Å². The van der Waals surface area contributed by atoms with Gasteiger partial charge in [0, 0.05) is 5.56 Å². The number of nitrogens with one attached hydrogen (secondary N) is 1. The molecule has 3 N–H and O–H groups in total. The van der Waals surface area contributed by atoms with Crippen LogP contribution in [-0.4, -0.2) is 18.4 Å². The van der Waals surface area contributed by atoms with Crippen molar-refractivity contribution in [3.05, 3.63) is 59.2 Å². The second kappa shape index (κ2) is 8.52. The molecule has 0 bridgehead atoms. The average Bonchev–Trinajstić information content (AvgIpc) is 2.59. The van der Waals surface area contributed by atoms with Gasteiger partial charge in [-0.15, -0.1) is 0 Å². The maximum Gasteiger partial charge on any atom is 0.416 e. The summed E-state index contributed by atoms with van der Waals surface area (Å²) < 4.78 is 49.4. The number of halogens is 3. The van der Waals surface area contributed by atoms with Crippen LogP contribution in [0.5, 0.6) is 11.5 Å². The van der Waals surface area contributed by atoms with Crippen LogP contribution in [0.25, 0.3) is 0 Å². The number of rotatable bonds is 6. The first-order chi connectivity index (χ1) is 12.3. The number of nitrogens with two attached hydrogens (primary N) is 1. The summed E-state index contributed by atoms with van der Waals surface area (Å²) in [4.78, 5) is 0. The van der Waals surface area contributed by atoms with E-state index in [9.17, 15) is 13.2 Å². The second-order valence-electron chi connectivity index (χ2n) is 5.10. The average molecular weight is 383 g/mol. The minimum absolute atomic E-state index is 0.00409. The fraction of sp³-hybridized carbons (Fsp3) is 0.176. The molecule has 138 valence electrons. The van der Waals surface area contributed by atoms with Crippen LogP contribution >= 0.6 is 12.2 Å². The van der Waals surface area contributed by atoms with Crippen molar-refractivity contribution in [1.82, 2.24) is 5.43 Å². The Morgan fingerprint density at radius 2 is 2.00 bits per heavy atom. The summed E-state index contributed by atoms with van der Waals surface area (Å²) in [6.45, 7) is -0.0755. The fourth-order valence-corrected chi connectivity index (χ4v) is 2.16. The van der Waals surface area contributed by atoms with Gasteiger partial charge in [-0.3, -0.25) is 5.43 Å². The number of hydrogen-bond acceptors (Lipinski definition) is 4. The molecule has 2 rings (SSSR count). The molecular formula is C17H16F3N3O2S. The molecule has 0 aliphatic carbocycles. The molecule has 0 aliphatic rings. The highest BCUT2D eigenvalue weighted by Gasteiger charge is 2.30. The first-order valence-electron chi connectivity index (χ1n) is 7.35. The number of alkyl halides is 3. The molecule has 0 heterocycles. The third-order valence-electron chi connectivity index (χ3n) is 3.25. The summed E-state index contributed by atoms with van der Waals surface area (Å²) in [5.41, 5.74) is 7.88. The molecule has 9 heteroatoms. The van der Waals surface area contributed by atoms with Crippen molar-refractivity contribution in [2.75, 3.05) is 7.11 Å². The van der Waals surface area contributed by atoms with Crippen LogP contribution in [0.4, 0.5) is 13.2 Å². The van der Waals surface area contributed by atoms with Crippen LogP contribution in [0.1, 0.15) is 16.7 Å². The van der Waals surface area contributed by atoms with Crippen LogP contribution in [0.2, 0.25) is 0 Å². The Morgan fingerprint density at radius 3 is 2.65 bits per heavy atom. The van der Waals surface area contributed by atoms with Crippen molar-refractivity contribution in [1.29, 1.82) is 0 Å². The number of benzene rings is 2. The Labute approximate surface area is 153 Å². The zero-order chi connectivity index (χ0) is 19.2. The molecule has 0 aromatic heterocycles. The van der Waals surface area contributed by atoms with E-state index in [-0.39, 0.29) is 11.7 Å². The summed E-state index contributed by atoms with van der Waals surface area (Å²) in [7, 11) is 1.46. The number of hydrogen-bond donors (Lipinski definition) is 2. The van der Waals surface area contributed by atoms with Crippen LogP contribution in [0.15, 0.2) is 47.6 Å². The minimum atomic E-state index is -4.41. The molecule has 0 unspecified atom stereocenters. The third kappa shape index (κ3) is 5.35. The molecule has 0 saturated heterocycles. The van der Waals surface area contributed by atoms with Gasteiger partial charge in [0.15, 0.2) is 16.6 Å². The van der Waals surface area contributed by atoms with E-state index in [1.54, 1.807) is 24.3 Å². The molecule has 2 aromatic carbocycles. The molecule has 0 saturated carbocycles. The standard InChI is InChI=1S/C17H16F3N3O2S/c1-24-14-7-3-5-12(9-22-23-16(21)26)15(14)25-10-11-4-2-6-13(8-11)17(18,19)20/h2-9H,10H2,1H3,(H3,21,23,26). The minimum Gasteiger partial charge on any atom is -0.493 e. The quantitative estimate of drug-likeness (QED) is 0.454. The van der Waals surface area contributed by atoms with Crippen LogP contribution in [0.3, 0.4) is 0 Å². The van der Waals surface area contributed by atoms with E-state index >= 15 is 0 Å². The third-order valence-corrected chi connectivity index (χ3v) is 3.34. The van der Waals surface area contributed by atoms with Gasteiger partial charge >= 0.3 is 6.18 Å². The van der Waals surface area contributed by atoms with Gasteiger partial charge in [0.1, 0.15) is 6.61 Å². The van der Waals surface area contributed by atoms with E-state index in [4.69, 9.17) is 15.2 Å². The molecule has 2 aromatic rings. The molecule has 0 aliphatic heterocycles. The Morgan fingerprint density at radius 1 is 1.27 bits per heavy atom. The summed E-state index contributed by atoms with van der Waals surface area (Å²) in [5, 5.41) is 3.85. The molecule has 5 nitrogen and oxygen atoms in total. The molecule has 0 radical (unpaired) electrons. The summed E-state index contributed by atoms with van der Waals surface area (Å²) in [6.07, 6.45) is -2.99. The summed E-state index contributed by atoms with van der Waals surface area (Å²) in [5.74, 6) is 0.747. The number of methoxy groups -OCH3 is 1. The Balaban J connectivity index is 2.23. The van der Waals surface area contributed by atoms with Gasteiger partial charge in [0.25, 0.3) is 0 Å². The van der Waals surface area contributed by atoms with Crippen molar-refractivity contribution in [2.45, 2.75) is 12.8 Å². The lowest BCUT2D eigenvalue weighted by Crippen LogP contribution is -2.24. The van der Waals surface area contributed by atoms with Gasteiger partial charge in [-0.2, -0.15) is 18.3 Å². The SMILES string of the molecule is COc1cccc(C=NNC(N)=S)c1OCc1cccc(C(F)(F)F)c1. The maximum atomic E-state index is 12.8. The molecule has 0 atom stereocenters. The summed E-state index contributed by atoms with van der Waals surface area (Å²) in [6, 6.07) is 10.0. The van der Waals surface area contributed by atoms with Crippen molar-refractivity contribution in [3.63, 3.8) is 0 Å². The molecule has 26 heavy (non-hydrogen) atoms. The first kappa shape index (κ1) is 19.5.